The maximum absolute atomic E-state index is 13.8. The summed E-state index contributed by atoms with van der Waals surface area (Å²) < 4.78 is 37.9. The second-order valence-corrected chi connectivity index (χ2v) is 6.53. The highest BCUT2D eigenvalue weighted by atomic mass is 32.2. The predicted molar refractivity (Wildman–Crippen MR) is 69.2 cm³/mol. The molecule has 1 aromatic heterocycles. The monoisotopic (exact) mass is 272 g/mol. The van der Waals surface area contributed by atoms with Gasteiger partial charge in [0.05, 0.1) is 4.21 Å². The van der Waals surface area contributed by atoms with E-state index in [2.05, 4.69) is 0 Å². The fourth-order valence-corrected chi connectivity index (χ4v) is 4.42. The minimum absolute atomic E-state index is 0.275. The molecule has 2 heterocycles. The SMILES string of the molecule is O[SH]1C=C2C(=Cc3ccsc31)C=CC(F)C2F. The molecule has 1 aliphatic carbocycles. The number of rotatable bonds is 0. The van der Waals surface area contributed by atoms with Gasteiger partial charge in [0.1, 0.15) is 0 Å². The Hall–Kier alpha value is -0.910. The fraction of sp³-hybridized carbons (Fsp3) is 0.167. The standard InChI is InChI=1S/C12H10F2OS2/c13-10-2-1-7-5-8-3-4-16-12(8)17(15)6-9(7)11(10)14/h1-6,10-11,15,17H. The highest BCUT2D eigenvalue weighted by molar-refractivity contribution is 8.16. The lowest BCUT2D eigenvalue weighted by Gasteiger charge is -2.20. The van der Waals surface area contributed by atoms with Gasteiger partial charge in [-0.2, -0.15) is 0 Å². The Bertz CT molecular complexity index is 544. The molecule has 3 unspecified atom stereocenters. The van der Waals surface area contributed by atoms with E-state index in [1.165, 1.54) is 22.8 Å². The molecule has 17 heavy (non-hydrogen) atoms. The van der Waals surface area contributed by atoms with Crippen LogP contribution < -0.4 is 0 Å². The molecule has 3 rings (SSSR count). The Morgan fingerprint density at radius 3 is 3.00 bits per heavy atom. The highest BCUT2D eigenvalue weighted by Gasteiger charge is 2.30. The van der Waals surface area contributed by atoms with E-state index in [1.54, 1.807) is 6.08 Å². The maximum Gasteiger partial charge on any atom is 0.161 e. The zero-order chi connectivity index (χ0) is 12.0. The summed E-state index contributed by atoms with van der Waals surface area (Å²) in [5, 5.41) is 3.37. The van der Waals surface area contributed by atoms with Crippen molar-refractivity contribution in [2.45, 2.75) is 16.6 Å². The Labute approximate surface area is 104 Å². The van der Waals surface area contributed by atoms with Gasteiger partial charge >= 0.3 is 0 Å². The van der Waals surface area contributed by atoms with Crippen molar-refractivity contribution in [1.82, 2.24) is 0 Å². The molecule has 0 aromatic carbocycles. The lowest BCUT2D eigenvalue weighted by Crippen LogP contribution is -2.21. The molecule has 1 nitrogen and oxygen atoms in total. The maximum atomic E-state index is 13.8. The van der Waals surface area contributed by atoms with Crippen LogP contribution in [0.4, 0.5) is 8.78 Å². The predicted octanol–water partition coefficient (Wildman–Crippen LogP) is 4.11. The molecule has 1 N–H and O–H groups in total. The summed E-state index contributed by atoms with van der Waals surface area (Å²) in [6, 6.07) is 1.89. The van der Waals surface area contributed by atoms with Crippen molar-refractivity contribution < 1.29 is 13.3 Å². The van der Waals surface area contributed by atoms with Crippen molar-refractivity contribution in [3.63, 3.8) is 0 Å². The van der Waals surface area contributed by atoms with Crippen LogP contribution in [0.2, 0.25) is 0 Å². The zero-order valence-corrected chi connectivity index (χ0v) is 10.4. The molecule has 0 saturated heterocycles. The number of hydrogen-bond acceptors (Lipinski definition) is 2. The molecule has 1 aliphatic heterocycles. The number of fused-ring (bicyclic) bond motifs is 2. The van der Waals surface area contributed by atoms with Crippen molar-refractivity contribution in [1.29, 1.82) is 0 Å². The Kier molecular flexibility index (Phi) is 2.69. The number of hydrogen-bond donors (Lipinski definition) is 2. The van der Waals surface area contributed by atoms with Crippen LogP contribution in [0.1, 0.15) is 5.56 Å². The molecule has 0 fully saturated rings. The van der Waals surface area contributed by atoms with Gasteiger partial charge < -0.3 is 4.55 Å². The molecule has 0 spiro atoms. The molecule has 2 aliphatic rings. The van der Waals surface area contributed by atoms with Crippen LogP contribution in [0.15, 0.2) is 44.4 Å². The van der Waals surface area contributed by atoms with Gasteiger partial charge in [0.15, 0.2) is 12.3 Å². The van der Waals surface area contributed by atoms with E-state index in [-0.39, 0.29) is 5.57 Å². The Morgan fingerprint density at radius 1 is 1.35 bits per heavy atom. The van der Waals surface area contributed by atoms with Crippen LogP contribution in [0.3, 0.4) is 0 Å². The van der Waals surface area contributed by atoms with Crippen LogP contribution in [-0.2, 0) is 0 Å². The van der Waals surface area contributed by atoms with Crippen LogP contribution in [0.25, 0.3) is 6.08 Å². The molecular formula is C12H10F2OS2. The summed E-state index contributed by atoms with van der Waals surface area (Å²) in [5.74, 6) is 0. The molecule has 3 atom stereocenters. The molecule has 90 valence electrons. The molecule has 0 radical (unpaired) electrons. The van der Waals surface area contributed by atoms with E-state index in [1.807, 2.05) is 17.5 Å². The normalized spacial score (nSPS) is 33.2. The largest absolute Gasteiger partial charge is 0.345 e. The van der Waals surface area contributed by atoms with Gasteiger partial charge in [-0.05, 0) is 34.6 Å². The summed E-state index contributed by atoms with van der Waals surface area (Å²) in [7, 11) is 0. The minimum Gasteiger partial charge on any atom is -0.345 e. The number of halogens is 2. The van der Waals surface area contributed by atoms with E-state index >= 15 is 0 Å². The van der Waals surface area contributed by atoms with Crippen LogP contribution in [0, 0.1) is 0 Å². The molecule has 1 aromatic rings. The van der Waals surface area contributed by atoms with Gasteiger partial charge in [0.2, 0.25) is 0 Å². The van der Waals surface area contributed by atoms with E-state index in [0.29, 0.717) is 5.57 Å². The van der Waals surface area contributed by atoms with Gasteiger partial charge in [0.25, 0.3) is 0 Å². The average molecular weight is 272 g/mol. The van der Waals surface area contributed by atoms with Crippen LogP contribution in [-0.4, -0.2) is 16.9 Å². The lowest BCUT2D eigenvalue weighted by atomic mass is 9.93. The number of alkyl halides is 2. The smallest absolute Gasteiger partial charge is 0.161 e. The third-order valence-electron chi connectivity index (χ3n) is 2.82. The third-order valence-corrected chi connectivity index (χ3v) is 5.63. The van der Waals surface area contributed by atoms with Crippen molar-refractivity contribution >= 4 is 28.6 Å². The van der Waals surface area contributed by atoms with E-state index in [4.69, 9.17) is 0 Å². The molecule has 0 amide bonds. The molecular weight excluding hydrogens is 262 g/mol. The summed E-state index contributed by atoms with van der Waals surface area (Å²) in [5.41, 5.74) is 1.83. The Balaban J connectivity index is 2.17. The van der Waals surface area contributed by atoms with Gasteiger partial charge in [-0.25, -0.2) is 8.78 Å². The summed E-state index contributed by atoms with van der Waals surface area (Å²) in [6.45, 7) is 0. The van der Waals surface area contributed by atoms with Crippen molar-refractivity contribution in [3.05, 3.63) is 45.7 Å². The first-order valence-corrected chi connectivity index (χ1v) is 7.37. The van der Waals surface area contributed by atoms with Gasteiger partial charge in [-0.3, -0.25) is 0 Å². The second kappa shape index (κ2) is 4.08. The van der Waals surface area contributed by atoms with Crippen LogP contribution >= 0.6 is 22.5 Å². The first kappa shape index (κ1) is 11.2. The quantitative estimate of drug-likeness (QED) is 0.681. The van der Waals surface area contributed by atoms with Crippen molar-refractivity contribution in [3.8, 4) is 0 Å². The van der Waals surface area contributed by atoms with Gasteiger partial charge in [-0.15, -0.1) is 11.3 Å². The topological polar surface area (TPSA) is 20.2 Å². The van der Waals surface area contributed by atoms with Crippen molar-refractivity contribution in [2.75, 3.05) is 0 Å². The fourth-order valence-electron chi connectivity index (χ4n) is 1.96. The molecule has 5 heteroatoms. The first-order chi connectivity index (χ1) is 8.16. The van der Waals surface area contributed by atoms with Crippen LogP contribution in [0.5, 0.6) is 0 Å². The number of thiol groups is 1. The Morgan fingerprint density at radius 2 is 2.18 bits per heavy atom. The minimum atomic E-state index is -1.67. The number of thiophene rings is 1. The zero-order valence-electron chi connectivity index (χ0n) is 8.68. The summed E-state index contributed by atoms with van der Waals surface area (Å²) in [6.07, 6.45) is 1.34. The third kappa shape index (κ3) is 1.78. The molecule has 0 saturated carbocycles. The summed E-state index contributed by atoms with van der Waals surface area (Å²) >= 11 is -0.0789. The lowest BCUT2D eigenvalue weighted by molar-refractivity contribution is 0.236. The second-order valence-electron chi connectivity index (χ2n) is 3.92. The van der Waals surface area contributed by atoms with Gasteiger partial charge in [-0.1, -0.05) is 17.3 Å². The van der Waals surface area contributed by atoms with Crippen molar-refractivity contribution in [2.24, 2.45) is 0 Å². The highest BCUT2D eigenvalue weighted by Crippen LogP contribution is 2.47. The average Bonchev–Trinajstić information content (AvgIpc) is 2.71. The van der Waals surface area contributed by atoms with Gasteiger partial charge in [0, 0.05) is 11.1 Å². The number of allylic oxidation sites excluding steroid dienone is 4. The molecule has 0 bridgehead atoms. The van der Waals surface area contributed by atoms with E-state index < -0.39 is 23.5 Å². The van der Waals surface area contributed by atoms with E-state index in [0.717, 1.165) is 9.77 Å². The van der Waals surface area contributed by atoms with E-state index in [9.17, 15) is 13.3 Å². The first-order valence-electron chi connectivity index (χ1n) is 5.12. The summed E-state index contributed by atoms with van der Waals surface area (Å²) in [4.78, 5) is 0.